The molecule has 4 nitrogen and oxygen atoms in total. The molecule has 31 heavy (non-hydrogen) atoms. The van der Waals surface area contributed by atoms with E-state index in [1.807, 2.05) is 0 Å². The van der Waals surface area contributed by atoms with Crippen LogP contribution in [0, 0.1) is 6.92 Å². The molecule has 0 radical (unpaired) electrons. The van der Waals surface area contributed by atoms with E-state index in [1.54, 1.807) is 31.2 Å². The topological polar surface area (TPSA) is 50.5 Å². The molecule has 0 unspecified atom stereocenters. The molecular formula is C22H13ClF3NO3S. The van der Waals surface area contributed by atoms with Gasteiger partial charge in [-0.05, 0) is 60.6 Å². The molecule has 9 heteroatoms. The van der Waals surface area contributed by atoms with Crippen molar-refractivity contribution >= 4 is 46.3 Å². The molecule has 0 aliphatic carbocycles. The third kappa shape index (κ3) is 4.13. The highest BCUT2D eigenvalue weighted by molar-refractivity contribution is 8.19. The van der Waals surface area contributed by atoms with Crippen molar-refractivity contribution in [2.24, 2.45) is 0 Å². The molecule has 2 amide bonds. The number of amides is 2. The number of benzene rings is 2. The molecule has 1 saturated heterocycles. The second-order valence-corrected chi connectivity index (χ2v) is 8.10. The van der Waals surface area contributed by atoms with Crippen LogP contribution in [0.3, 0.4) is 0 Å². The van der Waals surface area contributed by atoms with E-state index < -0.39 is 22.9 Å². The van der Waals surface area contributed by atoms with Gasteiger partial charge in [-0.25, -0.2) is 4.90 Å². The van der Waals surface area contributed by atoms with Gasteiger partial charge < -0.3 is 4.42 Å². The molecule has 1 fully saturated rings. The van der Waals surface area contributed by atoms with Crippen LogP contribution in [0.15, 0.2) is 63.9 Å². The zero-order chi connectivity index (χ0) is 22.3. The van der Waals surface area contributed by atoms with E-state index in [1.165, 1.54) is 18.2 Å². The Bertz CT molecular complexity index is 1230. The smallest absolute Gasteiger partial charge is 0.416 e. The van der Waals surface area contributed by atoms with Crippen LogP contribution in [0.4, 0.5) is 23.7 Å². The van der Waals surface area contributed by atoms with Gasteiger partial charge in [-0.2, -0.15) is 13.2 Å². The largest absolute Gasteiger partial charge is 0.457 e. The quantitative estimate of drug-likeness (QED) is 0.386. The number of anilines is 1. The molecule has 1 aliphatic heterocycles. The van der Waals surface area contributed by atoms with Crippen LogP contribution in [-0.2, 0) is 11.0 Å². The van der Waals surface area contributed by atoms with Gasteiger partial charge in [0.15, 0.2) is 0 Å². The highest BCUT2D eigenvalue weighted by Gasteiger charge is 2.37. The molecule has 4 rings (SSSR count). The monoisotopic (exact) mass is 463 g/mol. The first kappa shape index (κ1) is 21.3. The van der Waals surface area contributed by atoms with Crippen LogP contribution >= 0.6 is 23.4 Å². The maximum Gasteiger partial charge on any atom is 0.416 e. The minimum Gasteiger partial charge on any atom is -0.457 e. The number of hydrogen-bond acceptors (Lipinski definition) is 4. The van der Waals surface area contributed by atoms with Gasteiger partial charge in [-0.3, -0.25) is 9.59 Å². The van der Waals surface area contributed by atoms with E-state index >= 15 is 0 Å². The van der Waals surface area contributed by atoms with Crippen LogP contribution in [0.2, 0.25) is 5.02 Å². The van der Waals surface area contributed by atoms with Crippen molar-refractivity contribution in [3.63, 3.8) is 0 Å². The number of alkyl halides is 3. The van der Waals surface area contributed by atoms with E-state index in [0.717, 1.165) is 40.4 Å². The summed E-state index contributed by atoms with van der Waals surface area (Å²) >= 11 is 6.81. The number of imide groups is 1. The first-order chi connectivity index (χ1) is 14.6. The van der Waals surface area contributed by atoms with E-state index in [9.17, 15) is 22.8 Å². The maximum absolute atomic E-state index is 13.0. The van der Waals surface area contributed by atoms with Crippen LogP contribution in [0.25, 0.3) is 17.4 Å². The minimum absolute atomic E-state index is 0.0733. The fourth-order valence-corrected chi connectivity index (χ4v) is 4.11. The molecule has 0 N–H and O–H groups in total. The number of rotatable bonds is 3. The zero-order valence-corrected chi connectivity index (χ0v) is 17.4. The summed E-state index contributed by atoms with van der Waals surface area (Å²) in [6.07, 6.45) is -3.14. The van der Waals surface area contributed by atoms with E-state index in [0.29, 0.717) is 5.69 Å². The minimum atomic E-state index is -4.52. The van der Waals surface area contributed by atoms with Crippen molar-refractivity contribution in [3.05, 3.63) is 81.4 Å². The van der Waals surface area contributed by atoms with Crippen LogP contribution in [-0.4, -0.2) is 11.1 Å². The summed E-state index contributed by atoms with van der Waals surface area (Å²) in [4.78, 5) is 26.4. The van der Waals surface area contributed by atoms with Crippen LogP contribution in [0.5, 0.6) is 0 Å². The Morgan fingerprint density at radius 1 is 1.06 bits per heavy atom. The Morgan fingerprint density at radius 2 is 1.81 bits per heavy atom. The van der Waals surface area contributed by atoms with E-state index in [2.05, 4.69) is 0 Å². The molecule has 0 atom stereocenters. The predicted molar refractivity (Wildman–Crippen MR) is 114 cm³/mol. The number of hydrogen-bond donors (Lipinski definition) is 0. The Labute approximate surface area is 184 Å². The molecule has 1 aliphatic rings. The van der Waals surface area contributed by atoms with Gasteiger partial charge in [0.1, 0.15) is 11.5 Å². The summed E-state index contributed by atoms with van der Waals surface area (Å²) in [6.45, 7) is 1.79. The second kappa shape index (κ2) is 7.94. The average Bonchev–Trinajstić information content (AvgIpc) is 3.27. The Hall–Kier alpha value is -2.97. The molecule has 0 bridgehead atoms. The molecule has 2 aromatic carbocycles. The lowest BCUT2D eigenvalue weighted by molar-refractivity contribution is -0.137. The van der Waals surface area contributed by atoms with E-state index in [-0.39, 0.29) is 27.0 Å². The summed E-state index contributed by atoms with van der Waals surface area (Å²) in [7, 11) is 0. The molecule has 2 heterocycles. The van der Waals surface area contributed by atoms with Crippen molar-refractivity contribution in [1.82, 2.24) is 0 Å². The fourth-order valence-electron chi connectivity index (χ4n) is 3.08. The van der Waals surface area contributed by atoms with Crippen molar-refractivity contribution in [2.75, 3.05) is 4.90 Å². The molecule has 158 valence electrons. The zero-order valence-electron chi connectivity index (χ0n) is 15.9. The molecule has 1 aromatic heterocycles. The SMILES string of the molecule is Cc1ccccc1N1C(=O)S/C(=C\c2ccc(-c3cc(C(F)(F)F)ccc3Cl)o2)C1=O. The molecule has 3 aromatic rings. The summed E-state index contributed by atoms with van der Waals surface area (Å²) in [5.41, 5.74) is 0.475. The number of halogens is 4. The average molecular weight is 464 g/mol. The Kier molecular flexibility index (Phi) is 5.45. The Morgan fingerprint density at radius 3 is 2.52 bits per heavy atom. The number of thioether (sulfide) groups is 1. The lowest BCUT2D eigenvalue weighted by Gasteiger charge is -2.14. The third-order valence-corrected chi connectivity index (χ3v) is 5.81. The van der Waals surface area contributed by atoms with Gasteiger partial charge in [0.25, 0.3) is 11.1 Å². The summed E-state index contributed by atoms with van der Waals surface area (Å²) in [6, 6.07) is 12.9. The normalized spacial score (nSPS) is 15.9. The van der Waals surface area contributed by atoms with Crippen LogP contribution < -0.4 is 4.90 Å². The number of nitrogens with zero attached hydrogens (tertiary/aromatic N) is 1. The van der Waals surface area contributed by atoms with Crippen molar-refractivity contribution in [1.29, 1.82) is 0 Å². The standard InChI is InChI=1S/C22H13ClF3NO3S/c1-12-4-2-3-5-17(12)27-20(28)19(31-21(27)29)11-14-7-9-18(30-14)15-10-13(22(24,25)26)6-8-16(15)23/h2-11H,1H3/b19-11-. The third-order valence-electron chi connectivity index (χ3n) is 4.61. The first-order valence-corrected chi connectivity index (χ1v) is 10.1. The van der Waals surface area contributed by atoms with Gasteiger partial charge in [-0.1, -0.05) is 29.8 Å². The number of carbonyl (C=O) groups excluding carboxylic acids is 2. The van der Waals surface area contributed by atoms with Gasteiger partial charge in [0.05, 0.1) is 21.2 Å². The van der Waals surface area contributed by atoms with E-state index in [4.69, 9.17) is 16.0 Å². The maximum atomic E-state index is 13.0. The molecule has 0 saturated carbocycles. The first-order valence-electron chi connectivity index (χ1n) is 8.95. The summed E-state index contributed by atoms with van der Waals surface area (Å²) < 4.78 is 44.7. The number of furan rings is 1. The predicted octanol–water partition coefficient (Wildman–Crippen LogP) is 7.17. The summed E-state index contributed by atoms with van der Waals surface area (Å²) in [5, 5.41) is -0.355. The second-order valence-electron chi connectivity index (χ2n) is 6.70. The van der Waals surface area contributed by atoms with Gasteiger partial charge in [-0.15, -0.1) is 0 Å². The molecule has 0 spiro atoms. The number of aryl methyl sites for hydroxylation is 1. The number of carbonyl (C=O) groups is 2. The number of para-hydroxylation sites is 1. The highest BCUT2D eigenvalue weighted by Crippen LogP contribution is 2.39. The van der Waals surface area contributed by atoms with Crippen molar-refractivity contribution < 1.29 is 27.2 Å². The van der Waals surface area contributed by atoms with Crippen LogP contribution in [0.1, 0.15) is 16.9 Å². The molecular weight excluding hydrogens is 451 g/mol. The van der Waals surface area contributed by atoms with Gasteiger partial charge in [0.2, 0.25) is 0 Å². The van der Waals surface area contributed by atoms with Gasteiger partial charge in [0, 0.05) is 11.6 Å². The highest BCUT2D eigenvalue weighted by atomic mass is 35.5. The lowest BCUT2D eigenvalue weighted by Crippen LogP contribution is -2.28. The lowest BCUT2D eigenvalue weighted by atomic mass is 10.1. The van der Waals surface area contributed by atoms with Gasteiger partial charge >= 0.3 is 6.18 Å². The summed E-state index contributed by atoms with van der Waals surface area (Å²) in [5.74, 6) is -0.182. The fraction of sp³-hybridized carbons (Fsp3) is 0.0909. The van der Waals surface area contributed by atoms with Crippen molar-refractivity contribution in [2.45, 2.75) is 13.1 Å². The Balaban J connectivity index is 1.65. The van der Waals surface area contributed by atoms with Crippen molar-refractivity contribution in [3.8, 4) is 11.3 Å².